The highest BCUT2D eigenvalue weighted by Crippen LogP contribution is 2.31. The quantitative estimate of drug-likeness (QED) is 0.0259. The molecular formula is C84H165NO13. The van der Waals surface area contributed by atoms with Crippen LogP contribution in [-0.4, -0.2) is 140 Å². The molecule has 2 rings (SSSR count). The van der Waals surface area contributed by atoms with Gasteiger partial charge in [-0.3, -0.25) is 4.79 Å². The number of carbonyl (C=O) groups is 1. The minimum Gasteiger partial charge on any atom is -0.394 e. The van der Waals surface area contributed by atoms with Gasteiger partial charge in [0.25, 0.3) is 0 Å². The molecular weight excluding hydrogens is 1230 g/mol. The van der Waals surface area contributed by atoms with Gasteiger partial charge in [-0.15, -0.1) is 0 Å². The number of aliphatic hydroxyl groups excluding tert-OH is 8. The lowest BCUT2D eigenvalue weighted by atomic mass is 9.97. The van der Waals surface area contributed by atoms with Crippen molar-refractivity contribution in [2.45, 2.75) is 511 Å². The van der Waals surface area contributed by atoms with Crippen molar-refractivity contribution in [2.24, 2.45) is 0 Å². The molecule has 0 bridgehead atoms. The van der Waals surface area contributed by atoms with Gasteiger partial charge in [-0.1, -0.05) is 418 Å². The van der Waals surface area contributed by atoms with Crippen molar-refractivity contribution < 1.29 is 64.6 Å². The van der Waals surface area contributed by atoms with Crippen LogP contribution in [0.15, 0.2) is 0 Å². The van der Waals surface area contributed by atoms with Crippen molar-refractivity contribution in [2.75, 3.05) is 19.8 Å². The number of hydrogen-bond donors (Lipinski definition) is 9. The highest BCUT2D eigenvalue weighted by molar-refractivity contribution is 5.76. The van der Waals surface area contributed by atoms with Gasteiger partial charge in [0.05, 0.1) is 32.0 Å². The lowest BCUT2D eigenvalue weighted by Crippen LogP contribution is -2.65. The highest BCUT2D eigenvalue weighted by atomic mass is 16.7. The fourth-order valence-electron chi connectivity index (χ4n) is 15.0. The molecule has 14 heteroatoms. The van der Waals surface area contributed by atoms with E-state index in [0.29, 0.717) is 12.8 Å². The molecule has 0 spiro atoms. The van der Waals surface area contributed by atoms with Crippen LogP contribution in [-0.2, 0) is 23.7 Å². The van der Waals surface area contributed by atoms with E-state index in [9.17, 15) is 45.6 Å². The lowest BCUT2D eigenvalue weighted by Gasteiger charge is -2.46. The smallest absolute Gasteiger partial charge is 0.220 e. The monoisotopic (exact) mass is 1400 g/mol. The molecule has 0 aromatic carbocycles. The minimum atomic E-state index is -1.78. The summed E-state index contributed by atoms with van der Waals surface area (Å²) in [5.74, 6) is -0.194. The van der Waals surface area contributed by atoms with Crippen molar-refractivity contribution in [3.05, 3.63) is 0 Å². The number of ether oxygens (including phenoxy) is 4. The fourth-order valence-corrected chi connectivity index (χ4v) is 15.0. The first-order valence-electron chi connectivity index (χ1n) is 43.3. The average Bonchev–Trinajstić information content (AvgIpc) is 0.793. The van der Waals surface area contributed by atoms with Gasteiger partial charge in [0, 0.05) is 6.42 Å². The van der Waals surface area contributed by atoms with Gasteiger partial charge in [0.1, 0.15) is 48.8 Å². The van der Waals surface area contributed by atoms with E-state index < -0.39 is 86.8 Å². The zero-order valence-electron chi connectivity index (χ0n) is 64.3. The molecule has 0 aromatic rings. The molecule has 0 aliphatic carbocycles. The number of aliphatic hydroxyl groups is 8. The Morgan fingerprint density at radius 2 is 0.582 bits per heavy atom. The Balaban J connectivity index is 1.55. The van der Waals surface area contributed by atoms with Crippen molar-refractivity contribution in [3.63, 3.8) is 0 Å². The Hall–Kier alpha value is -1.01. The van der Waals surface area contributed by atoms with Gasteiger partial charge in [-0.25, -0.2) is 0 Å². The molecule has 2 aliphatic heterocycles. The summed E-state index contributed by atoms with van der Waals surface area (Å²) in [7, 11) is 0. The molecule has 1 amide bonds. The molecule has 12 atom stereocenters. The van der Waals surface area contributed by atoms with Crippen LogP contribution in [0.5, 0.6) is 0 Å². The Labute approximate surface area is 604 Å². The zero-order chi connectivity index (χ0) is 70.8. The van der Waals surface area contributed by atoms with Crippen LogP contribution in [0.3, 0.4) is 0 Å². The molecule has 2 saturated heterocycles. The summed E-state index contributed by atoms with van der Waals surface area (Å²) in [6.07, 6.45) is 70.3. The molecule has 12 unspecified atom stereocenters. The summed E-state index contributed by atoms with van der Waals surface area (Å²) in [5.41, 5.74) is 0. The van der Waals surface area contributed by atoms with Crippen molar-refractivity contribution in [3.8, 4) is 0 Å². The standard InChI is InChI=1S/C84H165NO13/c1-3-5-7-9-11-13-15-17-19-21-23-25-27-29-31-32-33-34-35-36-37-38-39-40-42-44-46-48-50-52-54-56-58-60-62-64-66-68-76(89)85-72(71-95-83-81(94)79(92)82(75(70-87)97-83)98-84-80(93)78(91)77(90)74(69-86)96-84)73(88)67-65-63-61-59-57-55-53-51-49-47-45-43-41-30-28-26-24-22-20-18-16-14-12-10-8-6-4-2/h72-75,77-84,86-88,90-94H,3-71H2,1-2H3,(H,85,89). The number of carbonyl (C=O) groups excluding carboxylic acids is 1. The number of unbranched alkanes of at least 4 members (excludes halogenated alkanes) is 62. The van der Waals surface area contributed by atoms with Gasteiger partial charge >= 0.3 is 0 Å². The summed E-state index contributed by atoms with van der Waals surface area (Å²) in [6.45, 7) is 2.96. The Kier molecular flexibility index (Phi) is 65.6. The fraction of sp³-hybridized carbons (Fsp3) is 0.988. The predicted molar refractivity (Wildman–Crippen MR) is 406 cm³/mol. The maximum Gasteiger partial charge on any atom is 0.220 e. The van der Waals surface area contributed by atoms with E-state index >= 15 is 0 Å². The SMILES string of the molecule is CCCCCCCCCCCCCCCCCCCCCCCCCCCCCCCCCCCCCCCC(=O)NC(COC1OC(CO)C(OC2OC(CO)C(O)C(O)C2O)C(O)C1O)C(O)CCCCCCCCCCCCCCCCCCCCCCCCCCCCC. The number of rotatable bonds is 75. The molecule has 2 fully saturated rings. The first-order chi connectivity index (χ1) is 48.1. The van der Waals surface area contributed by atoms with E-state index in [1.807, 2.05) is 0 Å². The summed E-state index contributed by atoms with van der Waals surface area (Å²) in [6, 6.07) is -0.826. The summed E-state index contributed by atoms with van der Waals surface area (Å²) >= 11 is 0. The van der Waals surface area contributed by atoms with E-state index in [4.69, 9.17) is 18.9 Å². The summed E-state index contributed by atoms with van der Waals surface area (Å²) in [5, 5.41) is 88.0. The van der Waals surface area contributed by atoms with Gasteiger partial charge in [-0.05, 0) is 12.8 Å². The lowest BCUT2D eigenvalue weighted by molar-refractivity contribution is -0.359. The maximum atomic E-state index is 13.4. The van der Waals surface area contributed by atoms with Crippen LogP contribution >= 0.6 is 0 Å². The third kappa shape index (κ3) is 51.2. The van der Waals surface area contributed by atoms with E-state index in [0.717, 1.165) is 51.4 Å². The topological polar surface area (TPSA) is 228 Å². The van der Waals surface area contributed by atoms with E-state index in [-0.39, 0.29) is 12.5 Å². The molecule has 0 radical (unpaired) electrons. The van der Waals surface area contributed by atoms with Gasteiger partial charge in [0.15, 0.2) is 12.6 Å². The van der Waals surface area contributed by atoms with E-state index in [1.165, 1.54) is 360 Å². The van der Waals surface area contributed by atoms with Crippen molar-refractivity contribution >= 4 is 5.91 Å². The summed E-state index contributed by atoms with van der Waals surface area (Å²) in [4.78, 5) is 13.4. The van der Waals surface area contributed by atoms with Crippen LogP contribution in [0.2, 0.25) is 0 Å². The maximum absolute atomic E-state index is 13.4. The van der Waals surface area contributed by atoms with Gasteiger partial charge in [0.2, 0.25) is 5.91 Å². The second-order valence-electron chi connectivity index (χ2n) is 31.0. The molecule has 2 aliphatic rings. The average molecular weight is 1400 g/mol. The molecule has 0 saturated carbocycles. The molecule has 0 aromatic heterocycles. The van der Waals surface area contributed by atoms with Crippen molar-refractivity contribution in [1.29, 1.82) is 0 Å². The second-order valence-corrected chi connectivity index (χ2v) is 31.0. The first-order valence-corrected chi connectivity index (χ1v) is 43.3. The Bertz CT molecular complexity index is 1650. The molecule has 2 heterocycles. The molecule has 9 N–H and O–H groups in total. The van der Waals surface area contributed by atoms with E-state index in [2.05, 4.69) is 19.2 Å². The largest absolute Gasteiger partial charge is 0.394 e. The van der Waals surface area contributed by atoms with E-state index in [1.54, 1.807) is 0 Å². The minimum absolute atomic E-state index is 0.194. The number of amides is 1. The van der Waals surface area contributed by atoms with Crippen LogP contribution in [0.1, 0.15) is 438 Å². The Morgan fingerprint density at radius 3 is 0.867 bits per heavy atom. The first kappa shape index (κ1) is 93.1. The third-order valence-electron chi connectivity index (χ3n) is 21.8. The molecule has 584 valence electrons. The van der Waals surface area contributed by atoms with Crippen LogP contribution in [0, 0.1) is 0 Å². The molecule has 98 heavy (non-hydrogen) atoms. The van der Waals surface area contributed by atoms with Crippen molar-refractivity contribution in [1.82, 2.24) is 5.32 Å². The molecule has 14 nitrogen and oxygen atoms in total. The van der Waals surface area contributed by atoms with Gasteiger partial charge < -0.3 is 65.1 Å². The highest BCUT2D eigenvalue weighted by Gasteiger charge is 2.51. The van der Waals surface area contributed by atoms with Crippen LogP contribution in [0.4, 0.5) is 0 Å². The Morgan fingerprint density at radius 1 is 0.327 bits per heavy atom. The third-order valence-corrected chi connectivity index (χ3v) is 21.8. The van der Waals surface area contributed by atoms with Gasteiger partial charge in [-0.2, -0.15) is 0 Å². The van der Waals surface area contributed by atoms with Crippen LogP contribution < -0.4 is 5.32 Å². The zero-order valence-corrected chi connectivity index (χ0v) is 64.3. The normalized spacial score (nSPS) is 21.9. The van der Waals surface area contributed by atoms with Crippen LogP contribution in [0.25, 0.3) is 0 Å². The summed E-state index contributed by atoms with van der Waals surface area (Å²) < 4.78 is 23.0. The number of nitrogens with one attached hydrogen (secondary N) is 1. The number of hydrogen-bond acceptors (Lipinski definition) is 13. The predicted octanol–water partition coefficient (Wildman–Crippen LogP) is 20.3. The second kappa shape index (κ2) is 69.1.